The van der Waals surface area contributed by atoms with Crippen LogP contribution in [0.15, 0.2) is 12.2 Å². The molecule has 8 heteroatoms. The molecule has 0 heterocycles. The van der Waals surface area contributed by atoms with E-state index in [1.54, 1.807) is 0 Å². The normalized spacial score (nSPS) is 10.1. The molecule has 0 rings (SSSR count). The lowest BCUT2D eigenvalue weighted by atomic mass is 9.92. The van der Waals surface area contributed by atoms with E-state index in [1.165, 1.54) is 0 Å². The Morgan fingerprint density at radius 1 is 0.682 bits per heavy atom. The lowest BCUT2D eigenvalue weighted by molar-refractivity contribution is -0.159. The molecule has 0 aliphatic heterocycles. The predicted molar refractivity (Wildman–Crippen MR) is 73.4 cm³/mol. The van der Waals surface area contributed by atoms with Crippen LogP contribution in [0.4, 0.5) is 0 Å². The van der Waals surface area contributed by atoms with Crippen LogP contribution in [0.1, 0.15) is 12.8 Å². The number of carbonyl (C=O) groups excluding carboxylic acids is 4. The Bertz CT molecular complexity index is 382. The van der Waals surface area contributed by atoms with Gasteiger partial charge in [0.15, 0.2) is 11.8 Å². The molecule has 0 aliphatic carbocycles. The highest BCUT2D eigenvalue weighted by atomic mass is 16.5. The largest absolute Gasteiger partial charge is 0.468 e. The molecule has 0 fully saturated rings. The molecule has 0 unspecified atom stereocenters. The number of rotatable bonds is 8. The van der Waals surface area contributed by atoms with Gasteiger partial charge in [-0.3, -0.25) is 19.2 Å². The molecule has 0 aromatic rings. The van der Waals surface area contributed by atoms with Crippen molar-refractivity contribution < 1.29 is 38.1 Å². The molecule has 124 valence electrons. The Morgan fingerprint density at radius 2 is 0.909 bits per heavy atom. The number of hydrogen-bond donors (Lipinski definition) is 0. The van der Waals surface area contributed by atoms with Gasteiger partial charge in [-0.1, -0.05) is 12.2 Å². The van der Waals surface area contributed by atoms with Crippen LogP contribution in [-0.4, -0.2) is 52.3 Å². The molecular formula is C14H20O8. The van der Waals surface area contributed by atoms with Crippen molar-refractivity contribution in [2.24, 2.45) is 11.8 Å². The fourth-order valence-corrected chi connectivity index (χ4v) is 1.76. The molecule has 8 nitrogen and oxygen atoms in total. The molecular weight excluding hydrogens is 296 g/mol. The van der Waals surface area contributed by atoms with Crippen molar-refractivity contribution in [1.29, 1.82) is 0 Å². The zero-order valence-corrected chi connectivity index (χ0v) is 13.0. The van der Waals surface area contributed by atoms with E-state index in [9.17, 15) is 19.2 Å². The van der Waals surface area contributed by atoms with Crippen LogP contribution >= 0.6 is 0 Å². The van der Waals surface area contributed by atoms with Crippen molar-refractivity contribution in [3.05, 3.63) is 12.2 Å². The Hall–Kier alpha value is -2.38. The Morgan fingerprint density at radius 3 is 1.09 bits per heavy atom. The monoisotopic (exact) mass is 316 g/mol. The summed E-state index contributed by atoms with van der Waals surface area (Å²) in [4.78, 5) is 46.3. The minimum Gasteiger partial charge on any atom is -0.468 e. The summed E-state index contributed by atoms with van der Waals surface area (Å²) in [5.41, 5.74) is 0.307. The van der Waals surface area contributed by atoms with Gasteiger partial charge in [0.2, 0.25) is 0 Å². The standard InChI is InChI=1S/C14H20O8/c1-8(6-9(11(15)19-2)12(16)20-3)7-10(13(17)21-4)14(18)22-5/h9-10H,1,6-7H2,2-5H3. The number of carbonyl (C=O) groups is 4. The Kier molecular flexibility index (Phi) is 8.51. The van der Waals surface area contributed by atoms with E-state index in [4.69, 9.17) is 0 Å². The highest BCUT2D eigenvalue weighted by molar-refractivity contribution is 5.96. The molecule has 0 aliphatic rings. The summed E-state index contributed by atoms with van der Waals surface area (Å²) in [7, 11) is 4.53. The van der Waals surface area contributed by atoms with E-state index >= 15 is 0 Å². The van der Waals surface area contributed by atoms with Crippen molar-refractivity contribution >= 4 is 23.9 Å². The van der Waals surface area contributed by atoms with Gasteiger partial charge in [-0.25, -0.2) is 0 Å². The smallest absolute Gasteiger partial charge is 0.320 e. The third-order valence-corrected chi connectivity index (χ3v) is 2.93. The number of allylic oxidation sites excluding steroid dienone is 1. The van der Waals surface area contributed by atoms with Crippen LogP contribution in [0.5, 0.6) is 0 Å². The lowest BCUT2D eigenvalue weighted by Crippen LogP contribution is -2.29. The van der Waals surface area contributed by atoms with Gasteiger partial charge >= 0.3 is 23.9 Å². The molecule has 0 atom stereocenters. The van der Waals surface area contributed by atoms with Gasteiger partial charge in [-0.15, -0.1) is 0 Å². The first-order valence-corrected chi connectivity index (χ1v) is 6.30. The van der Waals surface area contributed by atoms with Crippen LogP contribution in [0.25, 0.3) is 0 Å². The molecule has 0 amide bonds. The fourth-order valence-electron chi connectivity index (χ4n) is 1.76. The second-order valence-corrected chi connectivity index (χ2v) is 4.36. The maximum absolute atomic E-state index is 11.6. The van der Waals surface area contributed by atoms with Gasteiger partial charge in [0.25, 0.3) is 0 Å². The fraction of sp³-hybridized carbons (Fsp3) is 0.571. The topological polar surface area (TPSA) is 105 Å². The van der Waals surface area contributed by atoms with Crippen LogP contribution in [-0.2, 0) is 38.1 Å². The minimum atomic E-state index is -1.21. The van der Waals surface area contributed by atoms with Crippen molar-refractivity contribution in [1.82, 2.24) is 0 Å². The average Bonchev–Trinajstić information content (AvgIpc) is 2.54. The van der Waals surface area contributed by atoms with Crippen LogP contribution < -0.4 is 0 Å². The first-order valence-electron chi connectivity index (χ1n) is 6.30. The maximum Gasteiger partial charge on any atom is 0.320 e. The van der Waals surface area contributed by atoms with Crippen molar-refractivity contribution in [3.8, 4) is 0 Å². The van der Waals surface area contributed by atoms with Gasteiger partial charge in [-0.05, 0) is 12.8 Å². The molecule has 0 N–H and O–H groups in total. The number of esters is 4. The molecule has 0 aromatic carbocycles. The molecule has 0 bridgehead atoms. The van der Waals surface area contributed by atoms with E-state index in [1.807, 2.05) is 0 Å². The van der Waals surface area contributed by atoms with Crippen molar-refractivity contribution in [2.45, 2.75) is 12.8 Å². The van der Waals surface area contributed by atoms with Gasteiger partial charge in [0, 0.05) is 0 Å². The molecule has 0 aromatic heterocycles. The maximum atomic E-state index is 11.6. The van der Waals surface area contributed by atoms with E-state index in [0.717, 1.165) is 28.4 Å². The van der Waals surface area contributed by atoms with Crippen LogP contribution in [0.2, 0.25) is 0 Å². The SMILES string of the molecule is C=C(CC(C(=O)OC)C(=O)OC)CC(C(=O)OC)C(=O)OC. The third kappa shape index (κ3) is 5.55. The summed E-state index contributed by atoms with van der Waals surface area (Å²) in [6.07, 6.45) is -0.242. The average molecular weight is 316 g/mol. The molecule has 0 radical (unpaired) electrons. The van der Waals surface area contributed by atoms with E-state index in [2.05, 4.69) is 25.5 Å². The van der Waals surface area contributed by atoms with Gasteiger partial charge in [-0.2, -0.15) is 0 Å². The van der Waals surface area contributed by atoms with E-state index < -0.39 is 35.7 Å². The quantitative estimate of drug-likeness (QED) is 0.271. The van der Waals surface area contributed by atoms with Gasteiger partial charge in [0.05, 0.1) is 28.4 Å². The molecule has 22 heavy (non-hydrogen) atoms. The highest BCUT2D eigenvalue weighted by Crippen LogP contribution is 2.22. The lowest BCUT2D eigenvalue weighted by Gasteiger charge is -2.17. The Labute approximate surface area is 128 Å². The molecule has 0 saturated heterocycles. The third-order valence-electron chi connectivity index (χ3n) is 2.93. The summed E-state index contributed by atoms with van der Waals surface area (Å²) in [6, 6.07) is 0. The minimum absolute atomic E-state index is 0.121. The first-order chi connectivity index (χ1) is 10.3. The van der Waals surface area contributed by atoms with Gasteiger partial charge in [0.1, 0.15) is 0 Å². The summed E-state index contributed by atoms with van der Waals surface area (Å²) in [5, 5.41) is 0. The molecule has 0 saturated carbocycles. The van der Waals surface area contributed by atoms with E-state index in [0.29, 0.717) is 5.57 Å². The summed E-state index contributed by atoms with van der Waals surface area (Å²) < 4.78 is 18.1. The van der Waals surface area contributed by atoms with Crippen molar-refractivity contribution in [2.75, 3.05) is 28.4 Å². The summed E-state index contributed by atoms with van der Waals surface area (Å²) in [6.45, 7) is 3.67. The Balaban J connectivity index is 4.99. The van der Waals surface area contributed by atoms with E-state index in [-0.39, 0.29) is 12.8 Å². The molecule has 0 spiro atoms. The number of ether oxygens (including phenoxy) is 4. The summed E-state index contributed by atoms with van der Waals surface area (Å²) in [5.74, 6) is -5.58. The first kappa shape index (κ1) is 19.6. The highest BCUT2D eigenvalue weighted by Gasteiger charge is 2.33. The van der Waals surface area contributed by atoms with Crippen LogP contribution in [0.3, 0.4) is 0 Å². The zero-order chi connectivity index (χ0) is 17.3. The number of hydrogen-bond acceptors (Lipinski definition) is 8. The van der Waals surface area contributed by atoms with Gasteiger partial charge < -0.3 is 18.9 Å². The van der Waals surface area contributed by atoms with Crippen LogP contribution in [0, 0.1) is 11.8 Å². The summed E-state index contributed by atoms with van der Waals surface area (Å²) >= 11 is 0. The van der Waals surface area contributed by atoms with Crippen molar-refractivity contribution in [3.63, 3.8) is 0 Å². The predicted octanol–water partition coefficient (Wildman–Crippen LogP) is 0.247. The zero-order valence-electron chi connectivity index (χ0n) is 13.0. The second-order valence-electron chi connectivity index (χ2n) is 4.36. The number of methoxy groups -OCH3 is 4. The second kappa shape index (κ2) is 9.54.